The molecular formula is C18H11F3N10O. The van der Waals surface area contributed by atoms with Crippen LogP contribution in [0.4, 0.5) is 24.7 Å². The number of amides is 1. The molecule has 14 heteroatoms. The molecule has 4 aromatic rings. The first-order valence-electron chi connectivity index (χ1n) is 8.74. The van der Waals surface area contributed by atoms with Gasteiger partial charge in [-0.2, -0.15) is 33.7 Å². The molecular weight excluding hydrogens is 429 g/mol. The summed E-state index contributed by atoms with van der Waals surface area (Å²) < 4.78 is 41.8. The van der Waals surface area contributed by atoms with Gasteiger partial charge in [0.1, 0.15) is 17.5 Å². The lowest BCUT2D eigenvalue weighted by Crippen LogP contribution is -2.21. The summed E-state index contributed by atoms with van der Waals surface area (Å²) >= 11 is 0. The third kappa shape index (κ3) is 3.81. The molecule has 0 aliphatic rings. The number of pyridine rings is 2. The highest BCUT2D eigenvalue weighted by molar-refractivity contribution is 6.05. The van der Waals surface area contributed by atoms with Gasteiger partial charge >= 0.3 is 6.18 Å². The average Bonchev–Trinajstić information content (AvgIpc) is 3.43. The van der Waals surface area contributed by atoms with Crippen LogP contribution in [0.3, 0.4) is 0 Å². The van der Waals surface area contributed by atoms with E-state index in [4.69, 9.17) is 5.73 Å². The number of nitriles is 1. The van der Waals surface area contributed by atoms with Gasteiger partial charge in [0.2, 0.25) is 0 Å². The molecule has 0 aromatic carbocycles. The summed E-state index contributed by atoms with van der Waals surface area (Å²) in [6.45, 7) is 0. The van der Waals surface area contributed by atoms with E-state index < -0.39 is 23.3 Å². The predicted octanol–water partition coefficient (Wildman–Crippen LogP) is 1.97. The molecule has 0 spiro atoms. The fourth-order valence-electron chi connectivity index (χ4n) is 2.81. The first-order valence-corrected chi connectivity index (χ1v) is 8.74. The number of carbonyl (C=O) groups is 1. The largest absolute Gasteiger partial charge is 0.434 e. The van der Waals surface area contributed by atoms with Gasteiger partial charge in [-0.1, -0.05) is 6.07 Å². The maximum Gasteiger partial charge on any atom is 0.434 e. The Labute approximate surface area is 176 Å². The van der Waals surface area contributed by atoms with Crippen molar-refractivity contribution in [2.24, 2.45) is 0 Å². The molecule has 0 aliphatic carbocycles. The molecule has 0 aliphatic heterocycles. The number of nitrogens with zero attached hydrogens (tertiary/aromatic N) is 8. The Morgan fingerprint density at radius 1 is 1.16 bits per heavy atom. The van der Waals surface area contributed by atoms with E-state index >= 15 is 0 Å². The van der Waals surface area contributed by atoms with Gasteiger partial charge in [0.05, 0.1) is 36.0 Å². The second-order valence-electron chi connectivity index (χ2n) is 6.22. The standard InChI is InChI=1S/C18H11F3N10O/c19-18(20,21)15-12(9-27-30(15)14-3-1-2-13(23)29-14)17(32)28-11-6-10(7-22)16(24-8-11)31-25-4-5-26-31/h1-6,8-9H,(H2,23,29)(H,28,32). The Hall–Kier alpha value is -4.80. The first kappa shape index (κ1) is 20.5. The minimum absolute atomic E-state index is 0.00491. The summed E-state index contributed by atoms with van der Waals surface area (Å²) in [5, 5.41) is 23.0. The third-order valence-electron chi connectivity index (χ3n) is 4.11. The van der Waals surface area contributed by atoms with Crippen molar-refractivity contribution >= 4 is 17.4 Å². The van der Waals surface area contributed by atoms with E-state index in [1.165, 1.54) is 36.7 Å². The molecule has 4 heterocycles. The van der Waals surface area contributed by atoms with E-state index in [2.05, 4.69) is 30.6 Å². The molecule has 32 heavy (non-hydrogen) atoms. The van der Waals surface area contributed by atoms with Crippen molar-refractivity contribution in [3.63, 3.8) is 0 Å². The van der Waals surface area contributed by atoms with Gasteiger partial charge < -0.3 is 11.1 Å². The van der Waals surface area contributed by atoms with E-state index in [0.717, 1.165) is 17.2 Å². The molecule has 3 N–H and O–H groups in total. The number of nitrogens with one attached hydrogen (secondary N) is 1. The van der Waals surface area contributed by atoms with Gasteiger partial charge in [0, 0.05) is 0 Å². The number of carbonyl (C=O) groups excluding carboxylic acids is 1. The zero-order valence-corrected chi connectivity index (χ0v) is 15.8. The number of halogens is 3. The van der Waals surface area contributed by atoms with Crippen LogP contribution in [0.15, 0.2) is 49.1 Å². The zero-order chi connectivity index (χ0) is 22.9. The number of anilines is 2. The van der Waals surface area contributed by atoms with E-state index in [1.807, 2.05) is 6.07 Å². The van der Waals surface area contributed by atoms with Gasteiger partial charge in [0.15, 0.2) is 17.3 Å². The van der Waals surface area contributed by atoms with Gasteiger partial charge in [-0.15, -0.1) is 4.80 Å². The number of nitrogens with two attached hydrogens (primary N) is 1. The SMILES string of the molecule is N#Cc1cc(NC(=O)c2cnn(-c3cccc(N)n3)c2C(F)(F)F)cnc1-n1nccn1. The minimum atomic E-state index is -4.93. The normalized spacial score (nSPS) is 11.2. The lowest BCUT2D eigenvalue weighted by atomic mass is 10.2. The van der Waals surface area contributed by atoms with Crippen molar-refractivity contribution in [2.45, 2.75) is 6.18 Å². The second-order valence-corrected chi connectivity index (χ2v) is 6.22. The van der Waals surface area contributed by atoms with Crippen molar-refractivity contribution < 1.29 is 18.0 Å². The maximum atomic E-state index is 13.8. The Balaban J connectivity index is 1.69. The smallest absolute Gasteiger partial charge is 0.384 e. The number of nitrogen functional groups attached to an aromatic ring is 1. The number of rotatable bonds is 4. The van der Waals surface area contributed by atoms with Crippen LogP contribution in [0.1, 0.15) is 21.6 Å². The Kier molecular flexibility index (Phi) is 4.99. The number of hydrogen-bond donors (Lipinski definition) is 2. The summed E-state index contributed by atoms with van der Waals surface area (Å²) in [5.41, 5.74) is 3.44. The highest BCUT2D eigenvalue weighted by Crippen LogP contribution is 2.34. The molecule has 4 aromatic heterocycles. The summed E-state index contributed by atoms with van der Waals surface area (Å²) in [5.74, 6) is -1.24. The summed E-state index contributed by atoms with van der Waals surface area (Å²) in [6, 6.07) is 7.18. The fraction of sp³-hybridized carbons (Fsp3) is 0.0556. The topological polar surface area (TPSA) is 153 Å². The zero-order valence-electron chi connectivity index (χ0n) is 15.8. The Morgan fingerprint density at radius 2 is 1.91 bits per heavy atom. The van der Waals surface area contributed by atoms with E-state index in [1.54, 1.807) is 0 Å². The van der Waals surface area contributed by atoms with Crippen LogP contribution < -0.4 is 11.1 Å². The van der Waals surface area contributed by atoms with Crippen molar-refractivity contribution in [2.75, 3.05) is 11.1 Å². The molecule has 160 valence electrons. The van der Waals surface area contributed by atoms with Crippen LogP contribution in [0.2, 0.25) is 0 Å². The number of alkyl halides is 3. The molecule has 0 radical (unpaired) electrons. The van der Waals surface area contributed by atoms with Crippen LogP contribution >= 0.6 is 0 Å². The minimum Gasteiger partial charge on any atom is -0.384 e. The molecule has 0 unspecified atom stereocenters. The van der Waals surface area contributed by atoms with Crippen LogP contribution in [-0.4, -0.2) is 40.6 Å². The van der Waals surface area contributed by atoms with E-state index in [0.29, 0.717) is 4.68 Å². The molecule has 0 fully saturated rings. The van der Waals surface area contributed by atoms with E-state index in [9.17, 15) is 23.2 Å². The van der Waals surface area contributed by atoms with Gasteiger partial charge in [-0.05, 0) is 18.2 Å². The summed E-state index contributed by atoms with van der Waals surface area (Å²) in [6.07, 6.45) is -0.243. The van der Waals surface area contributed by atoms with Crippen LogP contribution in [0.5, 0.6) is 0 Å². The van der Waals surface area contributed by atoms with Crippen molar-refractivity contribution in [1.82, 2.24) is 34.7 Å². The van der Waals surface area contributed by atoms with Crippen LogP contribution in [0.25, 0.3) is 11.6 Å². The average molecular weight is 440 g/mol. The summed E-state index contributed by atoms with van der Waals surface area (Å²) in [7, 11) is 0. The molecule has 0 bridgehead atoms. The number of aromatic nitrogens is 7. The van der Waals surface area contributed by atoms with E-state index in [-0.39, 0.29) is 28.7 Å². The molecule has 0 saturated carbocycles. The molecule has 4 rings (SSSR count). The highest BCUT2D eigenvalue weighted by Gasteiger charge is 2.41. The number of hydrogen-bond acceptors (Lipinski definition) is 8. The molecule has 11 nitrogen and oxygen atoms in total. The Morgan fingerprint density at radius 3 is 2.56 bits per heavy atom. The van der Waals surface area contributed by atoms with Gasteiger partial charge in [-0.25, -0.2) is 14.6 Å². The quantitative estimate of drug-likeness (QED) is 0.488. The monoisotopic (exact) mass is 440 g/mol. The van der Waals surface area contributed by atoms with Crippen molar-refractivity contribution in [3.05, 3.63) is 65.9 Å². The third-order valence-corrected chi connectivity index (χ3v) is 4.11. The second kappa shape index (κ2) is 7.80. The molecule has 0 atom stereocenters. The molecule has 0 saturated heterocycles. The van der Waals surface area contributed by atoms with Crippen LogP contribution in [0, 0.1) is 11.3 Å². The summed E-state index contributed by atoms with van der Waals surface area (Å²) in [4.78, 5) is 21.6. The lowest BCUT2D eigenvalue weighted by molar-refractivity contribution is -0.143. The van der Waals surface area contributed by atoms with Crippen molar-refractivity contribution in [3.8, 4) is 17.7 Å². The molecule has 1 amide bonds. The predicted molar refractivity (Wildman–Crippen MR) is 103 cm³/mol. The highest BCUT2D eigenvalue weighted by atomic mass is 19.4. The van der Waals surface area contributed by atoms with Gasteiger partial charge in [-0.3, -0.25) is 4.79 Å². The Bertz CT molecular complexity index is 1340. The van der Waals surface area contributed by atoms with Crippen molar-refractivity contribution in [1.29, 1.82) is 5.26 Å². The lowest BCUT2D eigenvalue weighted by Gasteiger charge is -2.12. The first-order chi connectivity index (χ1) is 15.3. The van der Waals surface area contributed by atoms with Gasteiger partial charge in [0.25, 0.3) is 5.91 Å². The van der Waals surface area contributed by atoms with Crippen LogP contribution in [-0.2, 0) is 6.18 Å². The maximum absolute atomic E-state index is 13.8. The fourth-order valence-corrected chi connectivity index (χ4v) is 2.81.